The summed E-state index contributed by atoms with van der Waals surface area (Å²) in [5.41, 5.74) is 6.29. The Morgan fingerprint density at radius 1 is 1.00 bits per heavy atom. The van der Waals surface area contributed by atoms with Crippen molar-refractivity contribution < 1.29 is 9.90 Å². The van der Waals surface area contributed by atoms with Crippen LogP contribution in [0.25, 0.3) is 5.69 Å². The molecule has 3 aromatic rings. The van der Waals surface area contributed by atoms with Gasteiger partial charge in [-0.2, -0.15) is 0 Å². The molecule has 2 aromatic carbocycles. The first-order valence-electron chi connectivity index (χ1n) is 9.19. The summed E-state index contributed by atoms with van der Waals surface area (Å²) in [5, 5.41) is 13.3. The lowest BCUT2D eigenvalue weighted by Gasteiger charge is -2.15. The summed E-state index contributed by atoms with van der Waals surface area (Å²) >= 11 is 0. The summed E-state index contributed by atoms with van der Waals surface area (Å²) < 4.78 is 2.03. The van der Waals surface area contributed by atoms with Gasteiger partial charge in [-0.3, -0.25) is 0 Å². The van der Waals surface area contributed by atoms with E-state index in [1.165, 1.54) is 11.1 Å². The van der Waals surface area contributed by atoms with Gasteiger partial charge in [0.05, 0.1) is 5.56 Å². The molecule has 0 aliphatic rings. The molecule has 0 saturated heterocycles. The molecule has 27 heavy (non-hydrogen) atoms. The molecule has 0 saturated carbocycles. The second-order valence-electron chi connectivity index (χ2n) is 7.01. The first-order valence-corrected chi connectivity index (χ1v) is 9.19. The molecule has 1 heterocycles. The van der Waals surface area contributed by atoms with Crippen molar-refractivity contribution in [3.8, 4) is 5.69 Å². The summed E-state index contributed by atoms with van der Waals surface area (Å²) in [6.45, 7) is 8.50. The van der Waals surface area contributed by atoms with Gasteiger partial charge in [0.2, 0.25) is 0 Å². The van der Waals surface area contributed by atoms with Gasteiger partial charge in [-0.05, 0) is 45.4 Å². The lowest BCUT2D eigenvalue weighted by atomic mass is 10.1. The van der Waals surface area contributed by atoms with Gasteiger partial charge >= 0.3 is 5.97 Å². The number of benzene rings is 2. The van der Waals surface area contributed by atoms with Crippen molar-refractivity contribution in [1.29, 1.82) is 0 Å². The second-order valence-corrected chi connectivity index (χ2v) is 7.01. The number of carbonyl (C=O) groups is 1. The van der Waals surface area contributed by atoms with Crippen molar-refractivity contribution in [3.05, 3.63) is 88.2 Å². The molecular formula is C23H26N2O2. The minimum Gasteiger partial charge on any atom is -0.478 e. The quantitative estimate of drug-likeness (QED) is 0.652. The van der Waals surface area contributed by atoms with Crippen LogP contribution in [0.5, 0.6) is 0 Å². The molecule has 3 rings (SSSR count). The molecule has 1 aromatic heterocycles. The number of carboxylic acids is 1. The van der Waals surface area contributed by atoms with E-state index in [2.05, 4.69) is 24.4 Å². The number of nitrogens with zero attached hydrogens (tertiary/aromatic N) is 1. The number of rotatable bonds is 6. The van der Waals surface area contributed by atoms with E-state index < -0.39 is 5.97 Å². The van der Waals surface area contributed by atoms with Crippen LogP contribution in [0, 0.1) is 20.8 Å². The Balaban J connectivity index is 1.96. The Morgan fingerprint density at radius 2 is 1.63 bits per heavy atom. The zero-order valence-electron chi connectivity index (χ0n) is 16.3. The second kappa shape index (κ2) is 7.80. The Hall–Kier alpha value is -2.85. The predicted octanol–water partition coefficient (Wildman–Crippen LogP) is 4.95. The lowest BCUT2D eigenvalue weighted by molar-refractivity contribution is 0.0694. The highest BCUT2D eigenvalue weighted by Gasteiger charge is 2.23. The third-order valence-electron chi connectivity index (χ3n) is 5.16. The van der Waals surface area contributed by atoms with Crippen LogP contribution in [0.3, 0.4) is 0 Å². The van der Waals surface area contributed by atoms with Crippen molar-refractivity contribution in [3.63, 3.8) is 0 Å². The van der Waals surface area contributed by atoms with Crippen LogP contribution in [0.2, 0.25) is 0 Å². The molecule has 2 N–H and O–H groups in total. The van der Waals surface area contributed by atoms with E-state index in [0.717, 1.165) is 22.6 Å². The number of aryl methyl sites for hydroxylation is 1. The first kappa shape index (κ1) is 18.9. The molecule has 0 bridgehead atoms. The third-order valence-corrected chi connectivity index (χ3v) is 5.16. The smallest absolute Gasteiger partial charge is 0.337 e. The number of aromatic carboxylic acids is 1. The Bertz CT molecular complexity index is 941. The molecule has 4 heteroatoms. The molecule has 0 amide bonds. The number of hydrogen-bond donors (Lipinski definition) is 2. The fourth-order valence-electron chi connectivity index (χ4n) is 3.59. The van der Waals surface area contributed by atoms with E-state index in [1.807, 2.05) is 67.8 Å². The Labute approximate surface area is 160 Å². The summed E-state index contributed by atoms with van der Waals surface area (Å²) in [4.78, 5) is 12.0. The van der Waals surface area contributed by atoms with Crippen LogP contribution in [-0.4, -0.2) is 15.6 Å². The first-order chi connectivity index (χ1) is 12.9. The van der Waals surface area contributed by atoms with Gasteiger partial charge in [-0.25, -0.2) is 4.79 Å². The predicted molar refractivity (Wildman–Crippen MR) is 109 cm³/mol. The Morgan fingerprint density at radius 3 is 2.22 bits per heavy atom. The average molecular weight is 362 g/mol. The van der Waals surface area contributed by atoms with Gasteiger partial charge in [0.25, 0.3) is 0 Å². The summed E-state index contributed by atoms with van der Waals surface area (Å²) in [6, 6.07) is 18.5. The molecular weight excluding hydrogens is 336 g/mol. The van der Waals surface area contributed by atoms with Crippen molar-refractivity contribution in [2.24, 2.45) is 0 Å². The standard InChI is InChI=1S/C23H26N2O2/c1-15-10-12-20(13-11-15)25-17(3)21(22(18(25)4)23(26)27)14-24-16(2)19-8-6-5-7-9-19/h5-13,16,24H,14H2,1-4H3,(H,26,27)/t16-/m1/s1. The highest BCUT2D eigenvalue weighted by atomic mass is 16.4. The maximum atomic E-state index is 12.0. The zero-order valence-corrected chi connectivity index (χ0v) is 16.3. The fraction of sp³-hybridized carbons (Fsp3) is 0.261. The number of hydrogen-bond acceptors (Lipinski definition) is 2. The number of nitrogens with one attached hydrogen (secondary N) is 1. The SMILES string of the molecule is Cc1ccc(-n2c(C)c(CN[C@H](C)c3ccccc3)c(C(=O)O)c2C)cc1. The normalized spacial score (nSPS) is 12.1. The van der Waals surface area contributed by atoms with Crippen LogP contribution in [0.4, 0.5) is 0 Å². The molecule has 0 aliphatic carbocycles. The minimum atomic E-state index is -0.884. The van der Waals surface area contributed by atoms with Crippen LogP contribution >= 0.6 is 0 Å². The van der Waals surface area contributed by atoms with Crippen molar-refractivity contribution in [2.75, 3.05) is 0 Å². The highest BCUT2D eigenvalue weighted by Crippen LogP contribution is 2.27. The van der Waals surface area contributed by atoms with Crippen molar-refractivity contribution in [2.45, 2.75) is 40.3 Å². The van der Waals surface area contributed by atoms with Crippen LogP contribution in [0.1, 0.15) is 51.4 Å². The lowest BCUT2D eigenvalue weighted by Crippen LogP contribution is -2.19. The Kier molecular flexibility index (Phi) is 5.47. The van der Waals surface area contributed by atoms with Crippen LogP contribution in [-0.2, 0) is 6.54 Å². The molecule has 140 valence electrons. The highest BCUT2D eigenvalue weighted by molar-refractivity contribution is 5.91. The van der Waals surface area contributed by atoms with E-state index in [0.29, 0.717) is 12.1 Å². The zero-order chi connectivity index (χ0) is 19.6. The van der Waals surface area contributed by atoms with Gasteiger partial charge < -0.3 is 15.0 Å². The summed E-state index contributed by atoms with van der Waals surface area (Å²) in [6.07, 6.45) is 0. The van der Waals surface area contributed by atoms with E-state index in [-0.39, 0.29) is 6.04 Å². The largest absolute Gasteiger partial charge is 0.478 e. The topological polar surface area (TPSA) is 54.3 Å². The molecule has 1 atom stereocenters. The molecule has 0 unspecified atom stereocenters. The van der Waals surface area contributed by atoms with Gasteiger partial charge in [-0.15, -0.1) is 0 Å². The van der Waals surface area contributed by atoms with Crippen molar-refractivity contribution in [1.82, 2.24) is 9.88 Å². The minimum absolute atomic E-state index is 0.135. The van der Waals surface area contributed by atoms with Gasteiger partial charge in [0.1, 0.15) is 0 Å². The summed E-state index contributed by atoms with van der Waals surface area (Å²) in [5.74, 6) is -0.884. The number of carboxylic acid groups (broad SMARTS) is 1. The maximum absolute atomic E-state index is 12.0. The molecule has 0 fully saturated rings. The maximum Gasteiger partial charge on any atom is 0.337 e. The molecule has 4 nitrogen and oxygen atoms in total. The summed E-state index contributed by atoms with van der Waals surface area (Å²) in [7, 11) is 0. The van der Waals surface area contributed by atoms with Gasteiger partial charge in [0.15, 0.2) is 0 Å². The van der Waals surface area contributed by atoms with E-state index >= 15 is 0 Å². The number of aromatic nitrogens is 1. The van der Waals surface area contributed by atoms with Crippen molar-refractivity contribution >= 4 is 5.97 Å². The molecule has 0 aliphatic heterocycles. The fourth-order valence-corrected chi connectivity index (χ4v) is 3.59. The molecule has 0 radical (unpaired) electrons. The average Bonchev–Trinajstić information content (AvgIpc) is 2.91. The van der Waals surface area contributed by atoms with E-state index in [1.54, 1.807) is 0 Å². The van der Waals surface area contributed by atoms with Crippen LogP contribution in [0.15, 0.2) is 54.6 Å². The van der Waals surface area contributed by atoms with Gasteiger partial charge in [0, 0.05) is 35.2 Å². The van der Waals surface area contributed by atoms with Crippen LogP contribution < -0.4 is 5.32 Å². The van der Waals surface area contributed by atoms with E-state index in [4.69, 9.17) is 0 Å². The van der Waals surface area contributed by atoms with E-state index in [9.17, 15) is 9.90 Å². The van der Waals surface area contributed by atoms with Gasteiger partial charge in [-0.1, -0.05) is 48.0 Å². The third kappa shape index (κ3) is 3.81. The molecule has 0 spiro atoms. The monoisotopic (exact) mass is 362 g/mol.